The highest BCUT2D eigenvalue weighted by Gasteiger charge is 2.23. The number of carbonyl (C=O) groups is 2. The van der Waals surface area contributed by atoms with E-state index in [1.54, 1.807) is 50.9 Å². The lowest BCUT2D eigenvalue weighted by atomic mass is 10.1. The summed E-state index contributed by atoms with van der Waals surface area (Å²) in [6.07, 6.45) is 7.59. The first-order valence-electron chi connectivity index (χ1n) is 18.1. The zero-order chi connectivity index (χ0) is 39.4. The van der Waals surface area contributed by atoms with E-state index in [2.05, 4.69) is 10.2 Å². The van der Waals surface area contributed by atoms with Gasteiger partial charge in [-0.25, -0.2) is 19.9 Å². The molecule has 6 heterocycles. The number of nitrogens with two attached hydrogens (primary N) is 2. The number of aryl methyl sites for hydroxylation is 4. The summed E-state index contributed by atoms with van der Waals surface area (Å²) in [6, 6.07) is 10.7. The van der Waals surface area contributed by atoms with Crippen molar-refractivity contribution in [3.63, 3.8) is 0 Å². The minimum atomic E-state index is -0.573. The predicted molar refractivity (Wildman–Crippen MR) is 213 cm³/mol. The summed E-state index contributed by atoms with van der Waals surface area (Å²) in [4.78, 5) is 44.3. The van der Waals surface area contributed by atoms with Crippen LogP contribution in [0.1, 0.15) is 46.0 Å². The lowest BCUT2D eigenvalue weighted by Crippen LogP contribution is -2.11. The van der Waals surface area contributed by atoms with Crippen molar-refractivity contribution in [1.82, 2.24) is 48.6 Å². The zero-order valence-electron chi connectivity index (χ0n) is 31.9. The molecule has 0 radical (unpaired) electrons. The van der Waals surface area contributed by atoms with Gasteiger partial charge < -0.3 is 30.1 Å². The Balaban J connectivity index is 1.28. The summed E-state index contributed by atoms with van der Waals surface area (Å²) in [6.45, 7) is 9.96. The fourth-order valence-corrected chi connectivity index (χ4v) is 7.42. The Labute approximate surface area is 320 Å². The van der Waals surface area contributed by atoms with E-state index in [1.807, 2.05) is 70.5 Å². The van der Waals surface area contributed by atoms with E-state index in [-0.39, 0.29) is 0 Å². The molecule has 2 aromatic carbocycles. The van der Waals surface area contributed by atoms with Crippen molar-refractivity contribution in [2.75, 3.05) is 14.2 Å². The molecule has 0 saturated carbocycles. The van der Waals surface area contributed by atoms with E-state index in [0.29, 0.717) is 71.7 Å². The molecular weight excluding hydrogens is 713 g/mol. The van der Waals surface area contributed by atoms with Crippen LogP contribution in [0.15, 0.2) is 60.9 Å². The number of primary amides is 2. The Morgan fingerprint density at radius 3 is 1.41 bits per heavy atom. The monoisotopic (exact) mass is 752 g/mol. The van der Waals surface area contributed by atoms with Crippen LogP contribution in [0, 0.1) is 13.8 Å². The van der Waals surface area contributed by atoms with E-state index in [0.717, 1.165) is 55.4 Å². The molecule has 16 heteroatoms. The van der Waals surface area contributed by atoms with Gasteiger partial charge in [0.05, 0.1) is 36.6 Å². The molecule has 0 saturated heterocycles. The number of benzene rings is 2. The number of hydrogen-bond acceptors (Lipinski definition) is 10. The first kappa shape index (κ1) is 35.9. The molecule has 0 aliphatic carbocycles. The van der Waals surface area contributed by atoms with Gasteiger partial charge in [-0.2, -0.15) is 10.2 Å². The Kier molecular flexibility index (Phi) is 8.95. The van der Waals surface area contributed by atoms with E-state index < -0.39 is 11.8 Å². The Morgan fingerprint density at radius 1 is 0.643 bits per heavy atom. The van der Waals surface area contributed by atoms with E-state index in [1.165, 1.54) is 0 Å². The highest BCUT2D eigenvalue weighted by atomic mass is 16.5. The average Bonchev–Trinajstić information content (AvgIpc) is 3.95. The van der Waals surface area contributed by atoms with Crippen molar-refractivity contribution in [2.45, 2.75) is 53.9 Å². The number of allylic oxidation sites excluding steroid dienone is 2. The number of nitrogens with zero attached hydrogens (tertiary/aromatic N) is 10. The van der Waals surface area contributed by atoms with Gasteiger partial charge in [0.2, 0.25) is 11.8 Å². The largest absolute Gasteiger partial charge is 0.495 e. The molecule has 0 atom stereocenters. The molecule has 16 nitrogen and oxygen atoms in total. The minimum absolute atomic E-state index is 0.311. The second-order valence-corrected chi connectivity index (χ2v) is 13.4. The average molecular weight is 753 g/mol. The van der Waals surface area contributed by atoms with Crippen LogP contribution in [0.3, 0.4) is 0 Å². The number of aromatic nitrogens is 10. The molecule has 4 N–H and O–H groups in total. The van der Waals surface area contributed by atoms with Crippen molar-refractivity contribution in [2.24, 2.45) is 11.5 Å². The molecule has 8 rings (SSSR count). The third kappa shape index (κ3) is 5.86. The van der Waals surface area contributed by atoms with Gasteiger partial charge in [0.1, 0.15) is 34.2 Å². The van der Waals surface area contributed by atoms with Crippen LogP contribution < -0.4 is 20.9 Å². The molecule has 6 aromatic heterocycles. The topological polar surface area (TPSA) is 202 Å². The molecule has 0 bridgehead atoms. The smallest absolute Gasteiger partial charge is 0.248 e. The quantitative estimate of drug-likeness (QED) is 0.154. The molecule has 56 heavy (non-hydrogen) atoms. The van der Waals surface area contributed by atoms with Crippen molar-refractivity contribution in [3.8, 4) is 34.5 Å². The van der Waals surface area contributed by atoms with Gasteiger partial charge in [-0.1, -0.05) is 12.2 Å². The van der Waals surface area contributed by atoms with Crippen LogP contribution >= 0.6 is 0 Å². The molecule has 2 amide bonds. The molecule has 0 fully saturated rings. The third-order valence-electron chi connectivity index (χ3n) is 9.93. The Hall–Kier alpha value is -7.10. The molecule has 0 unspecified atom stereocenters. The van der Waals surface area contributed by atoms with Gasteiger partial charge in [-0.05, 0) is 64.1 Å². The molecule has 284 valence electrons. The highest BCUT2D eigenvalue weighted by Crippen LogP contribution is 2.38. The lowest BCUT2D eigenvalue weighted by Gasteiger charge is -2.10. The number of fused-ring (bicyclic) bond motifs is 6. The fourth-order valence-electron chi connectivity index (χ4n) is 7.42. The second kappa shape index (κ2) is 14.0. The SMILES string of the molecule is CCn1nc(C)cc1-c1ncc2c3cc(C(N)=O)cc(OC)c3n(C/C=C/Cn3c4nc(-c5cc(C)nn5CC)ncc4c4cc(C(N)=O)cc(OC)c43)c2n1. The van der Waals surface area contributed by atoms with Gasteiger partial charge in [-0.15, -0.1) is 0 Å². The summed E-state index contributed by atoms with van der Waals surface area (Å²) >= 11 is 0. The first-order valence-corrected chi connectivity index (χ1v) is 18.1. The summed E-state index contributed by atoms with van der Waals surface area (Å²) in [7, 11) is 3.11. The second-order valence-electron chi connectivity index (χ2n) is 13.4. The molecule has 8 aromatic rings. The fraction of sp³-hybridized carbons (Fsp3) is 0.250. The normalized spacial score (nSPS) is 11.9. The number of carbonyl (C=O) groups excluding carboxylic acids is 2. The van der Waals surface area contributed by atoms with Crippen molar-refractivity contribution in [3.05, 3.63) is 83.5 Å². The summed E-state index contributed by atoms with van der Waals surface area (Å²) in [5, 5.41) is 12.1. The van der Waals surface area contributed by atoms with E-state index in [9.17, 15) is 9.59 Å². The van der Waals surface area contributed by atoms with Crippen LogP contribution in [0.4, 0.5) is 0 Å². The van der Waals surface area contributed by atoms with Gasteiger partial charge >= 0.3 is 0 Å². The number of rotatable bonds is 12. The van der Waals surface area contributed by atoms with E-state index in [4.69, 9.17) is 40.9 Å². The summed E-state index contributed by atoms with van der Waals surface area (Å²) in [5.74, 6) is 0.840. The number of methoxy groups -OCH3 is 2. The number of ether oxygens (including phenoxy) is 2. The van der Waals surface area contributed by atoms with Crippen LogP contribution in [0.2, 0.25) is 0 Å². The van der Waals surface area contributed by atoms with Gasteiger partial charge in [0.15, 0.2) is 11.6 Å². The van der Waals surface area contributed by atoms with Crippen LogP contribution in [0.25, 0.3) is 66.9 Å². The maximum Gasteiger partial charge on any atom is 0.248 e. The highest BCUT2D eigenvalue weighted by molar-refractivity contribution is 6.13. The van der Waals surface area contributed by atoms with Gasteiger partial charge in [0.25, 0.3) is 0 Å². The molecule has 0 aliphatic rings. The molecular formula is C40H40N12O4. The molecule has 0 aliphatic heterocycles. The van der Waals surface area contributed by atoms with E-state index >= 15 is 0 Å². The Bertz CT molecular complexity index is 2720. The van der Waals surface area contributed by atoms with Crippen molar-refractivity contribution >= 4 is 55.7 Å². The maximum atomic E-state index is 12.4. The maximum absolute atomic E-state index is 12.4. The standard InChI is InChI=1S/C40H40N12O4/c1-7-51-29(13-21(3)47-51)37-43-19-27-25-15-23(35(41)53)17-31(55-5)33(25)49(39(27)45-37)11-9-10-12-50-34-26(16-24(36(42)54)18-32(34)56-6)28-20-44-38(46-40(28)50)30-14-22(4)48-52(30)8-2/h9-10,13-20H,7-8,11-12H2,1-6H3,(H2,41,53)(H2,42,54)/b10-9+. The number of hydrogen-bond donors (Lipinski definition) is 2. The van der Waals surface area contributed by atoms with Crippen LogP contribution in [0.5, 0.6) is 11.5 Å². The summed E-state index contributed by atoms with van der Waals surface area (Å²) < 4.78 is 19.5. The predicted octanol–water partition coefficient (Wildman–Crippen LogP) is 5.34. The van der Waals surface area contributed by atoms with Crippen LogP contribution in [-0.4, -0.2) is 74.7 Å². The minimum Gasteiger partial charge on any atom is -0.495 e. The first-order chi connectivity index (χ1) is 27.0. The Morgan fingerprint density at radius 2 is 1.05 bits per heavy atom. The van der Waals surface area contributed by atoms with Gasteiger partial charge in [-0.3, -0.25) is 19.0 Å². The van der Waals surface area contributed by atoms with Gasteiger partial charge in [0, 0.05) is 71.2 Å². The van der Waals surface area contributed by atoms with Crippen LogP contribution in [-0.2, 0) is 26.2 Å². The number of amides is 2. The summed E-state index contributed by atoms with van der Waals surface area (Å²) in [5.41, 5.74) is 18.2. The molecule has 0 spiro atoms. The third-order valence-corrected chi connectivity index (χ3v) is 9.93. The zero-order valence-corrected chi connectivity index (χ0v) is 31.9. The lowest BCUT2D eigenvalue weighted by molar-refractivity contribution is 0.0991. The van der Waals surface area contributed by atoms with Crippen molar-refractivity contribution < 1.29 is 19.1 Å². The van der Waals surface area contributed by atoms with Crippen molar-refractivity contribution in [1.29, 1.82) is 0 Å².